The highest BCUT2D eigenvalue weighted by Crippen LogP contribution is 2.12. The summed E-state index contributed by atoms with van der Waals surface area (Å²) in [4.78, 5) is 23.4. The zero-order valence-electron chi connectivity index (χ0n) is 11.9. The van der Waals surface area contributed by atoms with E-state index in [2.05, 4.69) is 16.0 Å². The number of hydrogen-bond donors (Lipinski definition) is 3. The molecule has 0 spiro atoms. The molecule has 3 N–H and O–H groups in total. The van der Waals surface area contributed by atoms with Crippen LogP contribution in [0.5, 0.6) is 0 Å². The summed E-state index contributed by atoms with van der Waals surface area (Å²) in [5.41, 5.74) is 0.667. The van der Waals surface area contributed by atoms with Crippen molar-refractivity contribution in [3.05, 3.63) is 29.3 Å². The van der Waals surface area contributed by atoms with Crippen molar-refractivity contribution in [2.24, 2.45) is 0 Å². The van der Waals surface area contributed by atoms with Crippen molar-refractivity contribution < 1.29 is 9.59 Å². The summed E-state index contributed by atoms with van der Waals surface area (Å²) in [5.74, 6) is -0.337. The van der Waals surface area contributed by atoms with Crippen LogP contribution in [0.3, 0.4) is 0 Å². The zero-order chi connectivity index (χ0) is 15.1. The molecule has 5 nitrogen and oxygen atoms in total. The molecule has 1 aromatic rings. The van der Waals surface area contributed by atoms with E-state index in [4.69, 9.17) is 11.6 Å². The maximum absolute atomic E-state index is 11.7. The van der Waals surface area contributed by atoms with Crippen LogP contribution in [0.4, 0.5) is 5.69 Å². The molecule has 0 aliphatic carbocycles. The third-order valence-electron chi connectivity index (χ3n) is 2.52. The van der Waals surface area contributed by atoms with Crippen LogP contribution in [-0.4, -0.2) is 30.4 Å². The molecule has 0 bridgehead atoms. The van der Waals surface area contributed by atoms with E-state index in [9.17, 15) is 9.59 Å². The lowest BCUT2D eigenvalue weighted by Gasteiger charge is -2.15. The number of carbonyl (C=O) groups excluding carboxylic acids is 2. The minimum absolute atomic E-state index is 0.0648. The average molecular weight is 298 g/mol. The Bertz CT molecular complexity index is 460. The van der Waals surface area contributed by atoms with E-state index in [0.29, 0.717) is 10.7 Å². The molecule has 0 heterocycles. The van der Waals surface area contributed by atoms with Gasteiger partial charge in [-0.3, -0.25) is 14.9 Å². The largest absolute Gasteiger partial charge is 0.353 e. The number of hydrogen-bond acceptors (Lipinski definition) is 3. The maximum Gasteiger partial charge on any atom is 0.238 e. The average Bonchev–Trinajstić information content (AvgIpc) is 2.38. The van der Waals surface area contributed by atoms with Gasteiger partial charge in [0.05, 0.1) is 12.6 Å². The van der Waals surface area contributed by atoms with E-state index in [1.54, 1.807) is 31.2 Å². The molecule has 0 aromatic heterocycles. The Morgan fingerprint density at radius 2 is 1.75 bits per heavy atom. The predicted molar refractivity (Wildman–Crippen MR) is 80.8 cm³/mol. The fourth-order valence-electron chi connectivity index (χ4n) is 1.49. The topological polar surface area (TPSA) is 70.2 Å². The molecule has 1 aromatic carbocycles. The molecule has 0 fully saturated rings. The highest BCUT2D eigenvalue weighted by atomic mass is 35.5. The van der Waals surface area contributed by atoms with Crippen LogP contribution in [0, 0.1) is 0 Å². The second-order valence-electron chi connectivity index (χ2n) is 4.82. The SMILES string of the molecule is CC(C)NC(=O)C(C)NCC(=O)Nc1ccc(Cl)cc1. The van der Waals surface area contributed by atoms with E-state index in [1.165, 1.54) is 0 Å². The monoisotopic (exact) mass is 297 g/mol. The van der Waals surface area contributed by atoms with E-state index in [1.807, 2.05) is 13.8 Å². The molecule has 2 amide bonds. The number of anilines is 1. The molecule has 110 valence electrons. The van der Waals surface area contributed by atoms with Gasteiger partial charge in [-0.15, -0.1) is 0 Å². The van der Waals surface area contributed by atoms with Gasteiger partial charge in [-0.1, -0.05) is 11.6 Å². The summed E-state index contributed by atoms with van der Waals surface area (Å²) in [6, 6.07) is 6.49. The smallest absolute Gasteiger partial charge is 0.238 e. The predicted octanol–water partition coefficient (Wildman–Crippen LogP) is 1.78. The Morgan fingerprint density at radius 3 is 2.30 bits per heavy atom. The molecule has 1 rings (SSSR count). The van der Waals surface area contributed by atoms with Crippen molar-refractivity contribution in [1.82, 2.24) is 10.6 Å². The fraction of sp³-hybridized carbons (Fsp3) is 0.429. The highest BCUT2D eigenvalue weighted by molar-refractivity contribution is 6.30. The van der Waals surface area contributed by atoms with Crippen molar-refractivity contribution in [2.45, 2.75) is 32.9 Å². The van der Waals surface area contributed by atoms with Gasteiger partial charge < -0.3 is 10.6 Å². The van der Waals surface area contributed by atoms with Gasteiger partial charge in [0.25, 0.3) is 0 Å². The number of nitrogens with one attached hydrogen (secondary N) is 3. The lowest BCUT2D eigenvalue weighted by molar-refractivity contribution is -0.123. The molecule has 6 heteroatoms. The molecule has 1 atom stereocenters. The van der Waals surface area contributed by atoms with Gasteiger partial charge in [-0.05, 0) is 45.0 Å². The Kier molecular flexibility index (Phi) is 6.48. The number of halogens is 1. The number of amides is 2. The Morgan fingerprint density at radius 1 is 1.15 bits per heavy atom. The molecule has 20 heavy (non-hydrogen) atoms. The van der Waals surface area contributed by atoms with Crippen molar-refractivity contribution in [3.8, 4) is 0 Å². The summed E-state index contributed by atoms with van der Waals surface area (Å²) < 4.78 is 0. The van der Waals surface area contributed by atoms with Gasteiger partial charge >= 0.3 is 0 Å². The van der Waals surface area contributed by atoms with Crippen LogP contribution in [0.25, 0.3) is 0 Å². The maximum atomic E-state index is 11.7. The first kappa shape index (κ1) is 16.5. The van der Waals surface area contributed by atoms with Crippen LogP contribution >= 0.6 is 11.6 Å². The van der Waals surface area contributed by atoms with Crippen molar-refractivity contribution in [3.63, 3.8) is 0 Å². The summed E-state index contributed by atoms with van der Waals surface area (Å²) in [6.45, 7) is 5.55. The Balaban J connectivity index is 2.36. The second-order valence-corrected chi connectivity index (χ2v) is 5.26. The first-order chi connectivity index (χ1) is 9.38. The molecular formula is C14H20ClN3O2. The first-order valence-corrected chi connectivity index (χ1v) is 6.85. The summed E-state index contributed by atoms with van der Waals surface area (Å²) in [7, 11) is 0. The lowest BCUT2D eigenvalue weighted by Crippen LogP contribution is -2.46. The van der Waals surface area contributed by atoms with E-state index in [0.717, 1.165) is 0 Å². The van der Waals surface area contributed by atoms with Crippen LogP contribution in [-0.2, 0) is 9.59 Å². The highest BCUT2D eigenvalue weighted by Gasteiger charge is 2.14. The molecule has 0 aliphatic heterocycles. The normalized spacial score (nSPS) is 12.1. The minimum Gasteiger partial charge on any atom is -0.353 e. The van der Waals surface area contributed by atoms with Crippen LogP contribution in [0.1, 0.15) is 20.8 Å². The molecule has 0 saturated carbocycles. The zero-order valence-corrected chi connectivity index (χ0v) is 12.6. The van der Waals surface area contributed by atoms with Gasteiger partial charge in [0.15, 0.2) is 0 Å². The lowest BCUT2D eigenvalue weighted by atomic mass is 10.2. The molecule has 1 unspecified atom stereocenters. The van der Waals surface area contributed by atoms with Gasteiger partial charge in [0, 0.05) is 16.8 Å². The van der Waals surface area contributed by atoms with Crippen molar-refractivity contribution in [1.29, 1.82) is 0 Å². The molecule has 0 aliphatic rings. The fourth-order valence-corrected chi connectivity index (χ4v) is 1.61. The first-order valence-electron chi connectivity index (χ1n) is 6.47. The standard InChI is InChI=1S/C14H20ClN3O2/c1-9(2)17-14(20)10(3)16-8-13(19)18-12-6-4-11(15)5-7-12/h4-7,9-10,16H,8H2,1-3H3,(H,17,20)(H,18,19). The van der Waals surface area contributed by atoms with Crippen molar-refractivity contribution in [2.75, 3.05) is 11.9 Å². The third kappa shape index (κ3) is 6.04. The van der Waals surface area contributed by atoms with Crippen LogP contribution in [0.15, 0.2) is 24.3 Å². The molecule has 0 saturated heterocycles. The number of carbonyl (C=O) groups is 2. The third-order valence-corrected chi connectivity index (χ3v) is 2.77. The van der Waals surface area contributed by atoms with Gasteiger partial charge in [-0.25, -0.2) is 0 Å². The summed E-state index contributed by atoms with van der Waals surface area (Å²) in [6.07, 6.45) is 0. The van der Waals surface area contributed by atoms with E-state index in [-0.39, 0.29) is 24.4 Å². The quantitative estimate of drug-likeness (QED) is 0.749. The van der Waals surface area contributed by atoms with Crippen LogP contribution in [0.2, 0.25) is 5.02 Å². The molecular weight excluding hydrogens is 278 g/mol. The van der Waals surface area contributed by atoms with Crippen LogP contribution < -0.4 is 16.0 Å². The van der Waals surface area contributed by atoms with E-state index < -0.39 is 6.04 Å². The number of rotatable bonds is 6. The van der Waals surface area contributed by atoms with E-state index >= 15 is 0 Å². The molecule has 0 radical (unpaired) electrons. The van der Waals surface area contributed by atoms with Gasteiger partial charge in [0.1, 0.15) is 0 Å². The number of benzene rings is 1. The second kappa shape index (κ2) is 7.87. The van der Waals surface area contributed by atoms with Gasteiger partial charge in [0.2, 0.25) is 11.8 Å². The minimum atomic E-state index is -0.423. The van der Waals surface area contributed by atoms with Crippen molar-refractivity contribution >= 4 is 29.1 Å². The van der Waals surface area contributed by atoms with Gasteiger partial charge in [-0.2, -0.15) is 0 Å². The summed E-state index contributed by atoms with van der Waals surface area (Å²) in [5, 5.41) is 8.97. The Labute approximate surface area is 124 Å². The summed E-state index contributed by atoms with van der Waals surface area (Å²) >= 11 is 5.76. The Hall–Kier alpha value is -1.59.